The van der Waals surface area contributed by atoms with Gasteiger partial charge in [0.15, 0.2) is 5.82 Å². The fourth-order valence-corrected chi connectivity index (χ4v) is 6.22. The fraction of sp³-hybridized carbons (Fsp3) is 0.387. The number of H-pyrrole nitrogens is 1. The summed E-state index contributed by atoms with van der Waals surface area (Å²) in [6, 6.07) is 15.3. The van der Waals surface area contributed by atoms with Crippen molar-refractivity contribution in [1.82, 2.24) is 29.6 Å². The second-order valence-electron chi connectivity index (χ2n) is 10.8. The number of hydrogen-bond donors (Lipinski definition) is 2. The van der Waals surface area contributed by atoms with Crippen molar-refractivity contribution in [3.05, 3.63) is 60.4 Å². The van der Waals surface area contributed by atoms with E-state index in [1.165, 1.54) is 43.2 Å². The molecule has 2 aliphatic rings. The maximum absolute atomic E-state index is 5.59. The number of methoxy groups -OCH3 is 1. The number of pyridine rings is 1. The largest absolute Gasteiger partial charge is 0.496 e. The molecule has 2 N–H and O–H groups in total. The van der Waals surface area contributed by atoms with Crippen molar-refractivity contribution in [2.75, 3.05) is 38.7 Å². The van der Waals surface area contributed by atoms with Gasteiger partial charge in [-0.25, -0.2) is 4.98 Å². The number of morpholine rings is 1. The number of aromatic nitrogens is 5. The number of imidazole rings is 1. The smallest absolute Gasteiger partial charge is 0.209 e. The van der Waals surface area contributed by atoms with Crippen molar-refractivity contribution in [2.24, 2.45) is 0 Å². The van der Waals surface area contributed by atoms with Crippen LogP contribution in [0.5, 0.6) is 5.75 Å². The van der Waals surface area contributed by atoms with Gasteiger partial charge in [0, 0.05) is 49.0 Å². The Balaban J connectivity index is 1.26. The molecule has 0 unspecified atom stereocenters. The average molecular weight is 538 g/mol. The maximum Gasteiger partial charge on any atom is 0.209 e. The number of aromatic amines is 1. The predicted octanol–water partition coefficient (Wildman–Crippen LogP) is 6.06. The van der Waals surface area contributed by atoms with E-state index < -0.39 is 0 Å². The lowest BCUT2D eigenvalue weighted by molar-refractivity contribution is 0.0342. The molecule has 7 rings (SSSR count). The van der Waals surface area contributed by atoms with E-state index in [9.17, 15) is 0 Å². The quantitative estimate of drug-likeness (QED) is 0.260. The summed E-state index contributed by atoms with van der Waals surface area (Å²) in [5.74, 6) is 2.41. The van der Waals surface area contributed by atoms with E-state index in [4.69, 9.17) is 14.5 Å². The molecule has 5 aromatic rings. The Morgan fingerprint density at radius 3 is 2.77 bits per heavy atom. The Hall–Kier alpha value is -3.95. The molecule has 9 heteroatoms. The molecule has 2 aromatic carbocycles. The van der Waals surface area contributed by atoms with Gasteiger partial charge in [-0.05, 0) is 54.3 Å². The molecule has 9 nitrogen and oxygen atoms in total. The summed E-state index contributed by atoms with van der Waals surface area (Å²) < 4.78 is 13.5. The first kappa shape index (κ1) is 25.0. The van der Waals surface area contributed by atoms with Gasteiger partial charge >= 0.3 is 0 Å². The van der Waals surface area contributed by atoms with Crippen LogP contribution in [0.25, 0.3) is 33.1 Å². The van der Waals surface area contributed by atoms with Gasteiger partial charge in [0.1, 0.15) is 5.75 Å². The van der Waals surface area contributed by atoms with Crippen LogP contribution in [-0.4, -0.2) is 63.0 Å². The Morgan fingerprint density at radius 2 is 1.93 bits per heavy atom. The van der Waals surface area contributed by atoms with Crippen LogP contribution < -0.4 is 10.1 Å². The molecule has 3 aromatic heterocycles. The van der Waals surface area contributed by atoms with E-state index in [0.717, 1.165) is 77.9 Å². The first-order chi connectivity index (χ1) is 19.8. The summed E-state index contributed by atoms with van der Waals surface area (Å²) in [5.41, 5.74) is 6.42. The minimum Gasteiger partial charge on any atom is -0.496 e. The summed E-state index contributed by atoms with van der Waals surface area (Å²) in [4.78, 5) is 11.9. The molecule has 0 bridgehead atoms. The lowest BCUT2D eigenvalue weighted by atomic mass is 9.95. The van der Waals surface area contributed by atoms with Crippen LogP contribution in [0.15, 0.2) is 54.9 Å². The van der Waals surface area contributed by atoms with Gasteiger partial charge in [-0.15, -0.1) is 0 Å². The third kappa shape index (κ3) is 4.80. The van der Waals surface area contributed by atoms with Gasteiger partial charge in [-0.3, -0.25) is 15.0 Å². The summed E-state index contributed by atoms with van der Waals surface area (Å²) in [6.07, 6.45) is 9.73. The van der Waals surface area contributed by atoms with E-state index in [-0.39, 0.29) is 0 Å². The zero-order valence-corrected chi connectivity index (χ0v) is 22.9. The number of anilines is 2. The highest BCUT2D eigenvalue weighted by Gasteiger charge is 2.23. The van der Waals surface area contributed by atoms with Crippen LogP contribution in [0.3, 0.4) is 0 Å². The Bertz CT molecular complexity index is 1630. The molecule has 206 valence electrons. The molecule has 0 amide bonds. The maximum atomic E-state index is 5.59. The standard InChI is InChI=1S/C31H35N7O2/c1-39-29-11-12-32-19-25(29)22-8-9-26-24(18-22)30(36-35-26)34-31-33-27-17-21(20-37-13-15-40-16-14-37)7-10-28(27)38(31)23-5-3-2-4-6-23/h7-12,17-19,23H,2-6,13-16,20H2,1H3,(H2,33,34,35,36). The number of benzene rings is 2. The van der Waals surface area contributed by atoms with Gasteiger partial charge < -0.3 is 19.4 Å². The molecule has 40 heavy (non-hydrogen) atoms. The highest BCUT2D eigenvalue weighted by molar-refractivity contribution is 5.95. The molecule has 1 aliphatic carbocycles. The van der Waals surface area contributed by atoms with E-state index >= 15 is 0 Å². The number of nitrogens with zero attached hydrogens (tertiary/aromatic N) is 5. The fourth-order valence-electron chi connectivity index (χ4n) is 6.22. The lowest BCUT2D eigenvalue weighted by Gasteiger charge is -2.27. The Morgan fingerprint density at radius 1 is 1.05 bits per heavy atom. The van der Waals surface area contributed by atoms with Gasteiger partial charge in [0.25, 0.3) is 0 Å². The van der Waals surface area contributed by atoms with Crippen LogP contribution in [0.4, 0.5) is 11.8 Å². The van der Waals surface area contributed by atoms with Crippen molar-refractivity contribution in [2.45, 2.75) is 44.7 Å². The molecular weight excluding hydrogens is 502 g/mol. The van der Waals surface area contributed by atoms with Crippen molar-refractivity contribution >= 4 is 33.7 Å². The first-order valence-corrected chi connectivity index (χ1v) is 14.3. The third-order valence-electron chi connectivity index (χ3n) is 8.31. The Kier molecular flexibility index (Phi) is 6.83. The third-order valence-corrected chi connectivity index (χ3v) is 8.31. The van der Waals surface area contributed by atoms with Crippen LogP contribution in [0.1, 0.15) is 43.7 Å². The molecule has 0 radical (unpaired) electrons. The van der Waals surface area contributed by atoms with Gasteiger partial charge in [-0.1, -0.05) is 31.4 Å². The molecule has 1 aliphatic heterocycles. The predicted molar refractivity (Wildman–Crippen MR) is 157 cm³/mol. The summed E-state index contributed by atoms with van der Waals surface area (Å²) in [6.45, 7) is 4.48. The average Bonchev–Trinajstić information content (AvgIpc) is 3.58. The molecule has 4 heterocycles. The molecule has 1 saturated heterocycles. The highest BCUT2D eigenvalue weighted by Crippen LogP contribution is 2.37. The molecule has 0 spiro atoms. The number of fused-ring (bicyclic) bond motifs is 2. The van der Waals surface area contributed by atoms with E-state index in [0.29, 0.717) is 6.04 Å². The van der Waals surface area contributed by atoms with Crippen LogP contribution >= 0.6 is 0 Å². The highest BCUT2D eigenvalue weighted by atomic mass is 16.5. The zero-order valence-electron chi connectivity index (χ0n) is 22.9. The van der Waals surface area contributed by atoms with Gasteiger partial charge in [-0.2, -0.15) is 5.10 Å². The number of nitrogens with one attached hydrogen (secondary N) is 2. The SMILES string of the molecule is COc1ccncc1-c1ccc2[nH]nc(Nc3nc4cc(CN5CCOCC5)ccc4n3C3CCCCC3)c2c1. The van der Waals surface area contributed by atoms with E-state index in [1.54, 1.807) is 13.3 Å². The van der Waals surface area contributed by atoms with E-state index in [1.807, 2.05) is 12.3 Å². The summed E-state index contributed by atoms with van der Waals surface area (Å²) in [7, 11) is 1.68. The normalized spacial score (nSPS) is 17.0. The van der Waals surface area contributed by atoms with E-state index in [2.05, 4.69) is 66.4 Å². The topological polar surface area (TPSA) is 93.1 Å². The number of ether oxygens (including phenoxy) is 2. The Labute approximate surface area is 233 Å². The van der Waals surface area contributed by atoms with Crippen molar-refractivity contribution in [3.63, 3.8) is 0 Å². The minimum absolute atomic E-state index is 0.423. The van der Waals surface area contributed by atoms with Crippen molar-refractivity contribution < 1.29 is 9.47 Å². The molecule has 0 atom stereocenters. The van der Waals surface area contributed by atoms with Gasteiger partial charge in [0.2, 0.25) is 5.95 Å². The summed E-state index contributed by atoms with van der Waals surface area (Å²) >= 11 is 0. The zero-order chi connectivity index (χ0) is 26.9. The monoisotopic (exact) mass is 537 g/mol. The molecule has 1 saturated carbocycles. The van der Waals surface area contributed by atoms with Crippen LogP contribution in [0, 0.1) is 0 Å². The van der Waals surface area contributed by atoms with Crippen molar-refractivity contribution in [3.8, 4) is 16.9 Å². The molecular formula is C31H35N7O2. The van der Waals surface area contributed by atoms with Gasteiger partial charge in [0.05, 0.1) is 36.9 Å². The number of hydrogen-bond acceptors (Lipinski definition) is 7. The first-order valence-electron chi connectivity index (χ1n) is 14.3. The lowest BCUT2D eigenvalue weighted by Crippen LogP contribution is -2.35. The van der Waals surface area contributed by atoms with Crippen molar-refractivity contribution in [1.29, 1.82) is 0 Å². The minimum atomic E-state index is 0.423. The second kappa shape index (κ2) is 10.9. The van der Waals surface area contributed by atoms with Crippen LogP contribution in [-0.2, 0) is 11.3 Å². The van der Waals surface area contributed by atoms with Crippen LogP contribution in [0.2, 0.25) is 0 Å². The molecule has 2 fully saturated rings. The summed E-state index contributed by atoms with van der Waals surface area (Å²) in [5, 5.41) is 12.5. The second-order valence-corrected chi connectivity index (χ2v) is 10.8. The number of rotatable bonds is 7.